The summed E-state index contributed by atoms with van der Waals surface area (Å²) in [5.41, 5.74) is 9.15. The molecule has 0 aliphatic heterocycles. The number of benzene rings is 1. The van der Waals surface area contributed by atoms with E-state index in [-0.39, 0.29) is 18.0 Å². The van der Waals surface area contributed by atoms with Gasteiger partial charge in [-0.25, -0.2) is 4.98 Å². The molecule has 0 bridgehead atoms. The standard InChI is InChI=1S/C17H16N2O2S/c1-9-7-10(2)19-17-15(9)16(18)14(22-17)8-13(21)11-5-3-4-6-12(11)20/h3-7,20H,8,18H2,1-2H3. The fourth-order valence-electron chi connectivity index (χ4n) is 2.60. The number of phenolic OH excluding ortho intramolecular Hbond substituents is 1. The summed E-state index contributed by atoms with van der Waals surface area (Å²) < 4.78 is 0. The average molecular weight is 312 g/mol. The molecule has 4 nitrogen and oxygen atoms in total. The van der Waals surface area contributed by atoms with Gasteiger partial charge in [-0.15, -0.1) is 11.3 Å². The van der Waals surface area contributed by atoms with Crippen LogP contribution in [0.2, 0.25) is 0 Å². The number of aryl methyl sites for hydroxylation is 2. The van der Waals surface area contributed by atoms with Crippen molar-refractivity contribution < 1.29 is 9.90 Å². The van der Waals surface area contributed by atoms with Gasteiger partial charge in [0, 0.05) is 22.4 Å². The van der Waals surface area contributed by atoms with Gasteiger partial charge in [-0.3, -0.25) is 4.79 Å². The molecule has 0 amide bonds. The van der Waals surface area contributed by atoms with Crippen molar-refractivity contribution in [3.8, 4) is 5.75 Å². The number of nitrogens with two attached hydrogens (primary N) is 1. The van der Waals surface area contributed by atoms with Crippen LogP contribution in [0.15, 0.2) is 30.3 Å². The summed E-state index contributed by atoms with van der Waals surface area (Å²) in [5.74, 6) is -0.150. The summed E-state index contributed by atoms with van der Waals surface area (Å²) in [6.45, 7) is 3.93. The van der Waals surface area contributed by atoms with Crippen molar-refractivity contribution >= 4 is 33.0 Å². The molecule has 0 fully saturated rings. The Bertz CT molecular complexity index is 884. The molecule has 1 aromatic carbocycles. The number of nitrogen functional groups attached to an aromatic ring is 1. The minimum absolute atomic E-state index is 0.00247. The van der Waals surface area contributed by atoms with Gasteiger partial charge in [0.15, 0.2) is 5.78 Å². The SMILES string of the molecule is Cc1cc(C)c2c(N)c(CC(=O)c3ccccc3O)sc2n1. The lowest BCUT2D eigenvalue weighted by Gasteiger charge is -2.03. The van der Waals surface area contributed by atoms with Crippen molar-refractivity contribution in [2.45, 2.75) is 20.3 Å². The molecule has 5 heteroatoms. The Morgan fingerprint density at radius 1 is 1.32 bits per heavy atom. The van der Waals surface area contributed by atoms with Crippen molar-refractivity contribution in [3.05, 3.63) is 52.0 Å². The van der Waals surface area contributed by atoms with Gasteiger partial charge in [0.25, 0.3) is 0 Å². The van der Waals surface area contributed by atoms with E-state index in [1.807, 2.05) is 19.9 Å². The third-order valence-electron chi connectivity index (χ3n) is 3.63. The normalized spacial score (nSPS) is 11.0. The van der Waals surface area contributed by atoms with Crippen LogP contribution in [0.3, 0.4) is 0 Å². The topological polar surface area (TPSA) is 76.2 Å². The zero-order chi connectivity index (χ0) is 15.9. The van der Waals surface area contributed by atoms with Gasteiger partial charge >= 0.3 is 0 Å². The van der Waals surface area contributed by atoms with Crippen LogP contribution in [-0.4, -0.2) is 15.9 Å². The largest absolute Gasteiger partial charge is 0.507 e. The maximum atomic E-state index is 12.4. The summed E-state index contributed by atoms with van der Waals surface area (Å²) in [7, 11) is 0. The predicted molar refractivity (Wildman–Crippen MR) is 89.6 cm³/mol. The van der Waals surface area contributed by atoms with E-state index in [4.69, 9.17) is 5.73 Å². The van der Waals surface area contributed by atoms with Crippen LogP contribution >= 0.6 is 11.3 Å². The summed E-state index contributed by atoms with van der Waals surface area (Å²) in [6.07, 6.45) is 0.170. The second-order valence-electron chi connectivity index (χ2n) is 5.32. The zero-order valence-electron chi connectivity index (χ0n) is 12.4. The summed E-state index contributed by atoms with van der Waals surface area (Å²) >= 11 is 1.44. The van der Waals surface area contributed by atoms with Crippen molar-refractivity contribution in [1.82, 2.24) is 4.98 Å². The van der Waals surface area contributed by atoms with Crippen molar-refractivity contribution in [3.63, 3.8) is 0 Å². The number of anilines is 1. The number of phenols is 1. The smallest absolute Gasteiger partial charge is 0.171 e. The highest BCUT2D eigenvalue weighted by Gasteiger charge is 2.18. The maximum absolute atomic E-state index is 12.4. The Morgan fingerprint density at radius 3 is 2.77 bits per heavy atom. The molecule has 0 radical (unpaired) electrons. The first-order valence-corrected chi connectivity index (χ1v) is 7.75. The molecule has 3 aromatic rings. The number of hydrogen-bond acceptors (Lipinski definition) is 5. The molecule has 0 aliphatic rings. The summed E-state index contributed by atoms with van der Waals surface area (Å²) in [4.78, 5) is 18.5. The molecular formula is C17H16N2O2S. The molecule has 0 saturated heterocycles. The summed E-state index contributed by atoms with van der Waals surface area (Å²) in [6, 6.07) is 8.54. The average Bonchev–Trinajstić information content (AvgIpc) is 2.75. The van der Waals surface area contributed by atoms with Crippen LogP contribution in [0.4, 0.5) is 5.69 Å². The van der Waals surface area contributed by atoms with Crippen molar-refractivity contribution in [2.75, 3.05) is 5.73 Å². The van der Waals surface area contributed by atoms with E-state index < -0.39 is 0 Å². The molecule has 2 aromatic heterocycles. The van der Waals surface area contributed by atoms with E-state index in [2.05, 4.69) is 4.98 Å². The van der Waals surface area contributed by atoms with Crippen LogP contribution in [0, 0.1) is 13.8 Å². The quantitative estimate of drug-likeness (QED) is 0.724. The first kappa shape index (κ1) is 14.5. The molecule has 0 unspecified atom stereocenters. The number of Topliss-reactive ketones (excluding diaryl/α,β-unsaturated/α-hetero) is 1. The fraction of sp³-hybridized carbons (Fsp3) is 0.176. The van der Waals surface area contributed by atoms with Crippen LogP contribution in [-0.2, 0) is 6.42 Å². The van der Waals surface area contributed by atoms with E-state index in [0.29, 0.717) is 11.3 Å². The highest BCUT2D eigenvalue weighted by molar-refractivity contribution is 7.19. The van der Waals surface area contributed by atoms with E-state index in [0.717, 1.165) is 26.4 Å². The van der Waals surface area contributed by atoms with Gasteiger partial charge < -0.3 is 10.8 Å². The Balaban J connectivity index is 2.01. The number of thiophene rings is 1. The number of hydrogen-bond donors (Lipinski definition) is 2. The molecule has 3 rings (SSSR count). The first-order valence-electron chi connectivity index (χ1n) is 6.93. The predicted octanol–water partition coefficient (Wildman–Crippen LogP) is 3.63. The van der Waals surface area contributed by atoms with Crippen LogP contribution in [0.5, 0.6) is 5.75 Å². The number of aromatic hydroxyl groups is 1. The molecule has 3 N–H and O–H groups in total. The Labute approximate surface area is 132 Å². The number of ketones is 1. The van der Waals surface area contributed by atoms with E-state index >= 15 is 0 Å². The van der Waals surface area contributed by atoms with Crippen molar-refractivity contribution in [2.24, 2.45) is 0 Å². The van der Waals surface area contributed by atoms with E-state index in [1.54, 1.807) is 18.2 Å². The molecule has 0 atom stereocenters. The molecule has 0 spiro atoms. The number of rotatable bonds is 3. The van der Waals surface area contributed by atoms with Gasteiger partial charge in [0.1, 0.15) is 10.6 Å². The lowest BCUT2D eigenvalue weighted by molar-refractivity contribution is 0.0991. The van der Waals surface area contributed by atoms with Gasteiger partial charge in [0.05, 0.1) is 11.3 Å². The van der Waals surface area contributed by atoms with Crippen LogP contribution < -0.4 is 5.73 Å². The molecular weight excluding hydrogens is 296 g/mol. The number of aromatic nitrogens is 1. The molecule has 0 saturated carbocycles. The Morgan fingerprint density at radius 2 is 2.05 bits per heavy atom. The lowest BCUT2D eigenvalue weighted by Crippen LogP contribution is -2.04. The summed E-state index contributed by atoms with van der Waals surface area (Å²) in [5, 5.41) is 10.7. The molecule has 112 valence electrons. The number of fused-ring (bicyclic) bond motifs is 1. The highest BCUT2D eigenvalue weighted by atomic mass is 32.1. The highest BCUT2D eigenvalue weighted by Crippen LogP contribution is 2.36. The minimum atomic E-state index is -0.147. The maximum Gasteiger partial charge on any atom is 0.171 e. The number of carbonyl (C=O) groups is 1. The fourth-order valence-corrected chi connectivity index (χ4v) is 3.81. The third-order valence-corrected chi connectivity index (χ3v) is 4.73. The number of nitrogens with zero attached hydrogens (tertiary/aromatic N) is 1. The first-order chi connectivity index (χ1) is 10.5. The van der Waals surface area contributed by atoms with Gasteiger partial charge in [-0.1, -0.05) is 12.1 Å². The van der Waals surface area contributed by atoms with E-state index in [1.165, 1.54) is 17.4 Å². The van der Waals surface area contributed by atoms with Gasteiger partial charge in [0.2, 0.25) is 0 Å². The monoisotopic (exact) mass is 312 g/mol. The zero-order valence-corrected chi connectivity index (χ0v) is 13.2. The van der Waals surface area contributed by atoms with Crippen LogP contribution in [0.1, 0.15) is 26.5 Å². The Hall–Kier alpha value is -2.40. The lowest BCUT2D eigenvalue weighted by atomic mass is 10.0. The number of carbonyl (C=O) groups excluding carboxylic acids is 1. The Kier molecular flexibility index (Phi) is 3.58. The van der Waals surface area contributed by atoms with Gasteiger partial charge in [-0.2, -0.15) is 0 Å². The van der Waals surface area contributed by atoms with Crippen molar-refractivity contribution in [1.29, 1.82) is 0 Å². The molecule has 22 heavy (non-hydrogen) atoms. The second-order valence-corrected chi connectivity index (χ2v) is 6.40. The second kappa shape index (κ2) is 5.42. The van der Waals surface area contributed by atoms with Crippen LogP contribution in [0.25, 0.3) is 10.2 Å². The van der Waals surface area contributed by atoms with E-state index in [9.17, 15) is 9.90 Å². The van der Waals surface area contributed by atoms with Gasteiger partial charge in [-0.05, 0) is 37.6 Å². The number of para-hydroxylation sites is 1. The minimum Gasteiger partial charge on any atom is -0.507 e. The number of pyridine rings is 1. The molecule has 2 heterocycles. The molecule has 0 aliphatic carbocycles. The third kappa shape index (κ3) is 2.44.